The predicted octanol–water partition coefficient (Wildman–Crippen LogP) is 2.10. The first-order chi connectivity index (χ1) is 11.5. The molecule has 0 spiro atoms. The van der Waals surface area contributed by atoms with Gasteiger partial charge in [-0.25, -0.2) is 13.1 Å². The second-order valence-corrected chi connectivity index (χ2v) is 7.29. The molecule has 0 saturated carbocycles. The van der Waals surface area contributed by atoms with Crippen molar-refractivity contribution in [2.75, 3.05) is 18.5 Å². The summed E-state index contributed by atoms with van der Waals surface area (Å²) in [6.45, 7) is 2.13. The molecular formula is C17H18N2O4S. The van der Waals surface area contributed by atoms with E-state index >= 15 is 0 Å². The van der Waals surface area contributed by atoms with Gasteiger partial charge in [0.25, 0.3) is 0 Å². The van der Waals surface area contributed by atoms with E-state index in [0.29, 0.717) is 17.0 Å². The highest BCUT2D eigenvalue weighted by molar-refractivity contribution is 7.89. The lowest BCUT2D eigenvalue weighted by Crippen LogP contribution is -2.28. The minimum Gasteiger partial charge on any atom is -0.492 e. The molecule has 126 valence electrons. The Bertz CT molecular complexity index is 850. The Morgan fingerprint density at radius 1 is 1.17 bits per heavy atom. The Labute approximate surface area is 140 Å². The number of carbonyl (C=O) groups excluding carboxylic acids is 1. The largest absolute Gasteiger partial charge is 0.492 e. The summed E-state index contributed by atoms with van der Waals surface area (Å²) in [5.74, 6) is 0.216. The highest BCUT2D eigenvalue weighted by Gasteiger charge is 2.28. The van der Waals surface area contributed by atoms with E-state index in [2.05, 4.69) is 10.0 Å². The van der Waals surface area contributed by atoms with E-state index in [1.54, 1.807) is 25.1 Å². The van der Waals surface area contributed by atoms with Crippen LogP contribution in [0.5, 0.6) is 5.75 Å². The van der Waals surface area contributed by atoms with E-state index in [1.165, 1.54) is 12.1 Å². The molecule has 7 heteroatoms. The van der Waals surface area contributed by atoms with Crippen LogP contribution in [0, 0.1) is 0 Å². The van der Waals surface area contributed by atoms with E-state index in [-0.39, 0.29) is 29.9 Å². The second kappa shape index (κ2) is 6.62. The molecule has 0 saturated heterocycles. The summed E-state index contributed by atoms with van der Waals surface area (Å²) < 4.78 is 32.7. The number of amides is 1. The molecule has 2 aromatic rings. The van der Waals surface area contributed by atoms with Gasteiger partial charge >= 0.3 is 0 Å². The second-order valence-electron chi connectivity index (χ2n) is 5.52. The van der Waals surface area contributed by atoms with Crippen molar-refractivity contribution >= 4 is 21.6 Å². The average Bonchev–Trinajstić information content (AvgIpc) is 2.87. The lowest BCUT2D eigenvalue weighted by molar-refractivity contribution is -0.116. The quantitative estimate of drug-likeness (QED) is 0.785. The maximum Gasteiger partial charge on any atom is 0.240 e. The lowest BCUT2D eigenvalue weighted by Gasteiger charge is -2.10. The van der Waals surface area contributed by atoms with Crippen molar-refractivity contribution in [1.82, 2.24) is 4.72 Å². The van der Waals surface area contributed by atoms with Crippen molar-refractivity contribution in [2.24, 2.45) is 0 Å². The number of carbonyl (C=O) groups is 1. The first kappa shape index (κ1) is 16.5. The molecule has 0 aromatic heterocycles. The molecule has 0 bridgehead atoms. The van der Waals surface area contributed by atoms with Crippen LogP contribution in [-0.4, -0.2) is 27.5 Å². The van der Waals surface area contributed by atoms with Crippen LogP contribution < -0.4 is 14.8 Å². The van der Waals surface area contributed by atoms with E-state index in [1.807, 2.05) is 18.2 Å². The Morgan fingerprint density at radius 2 is 1.92 bits per heavy atom. The average molecular weight is 346 g/mol. The third kappa shape index (κ3) is 3.42. The molecule has 2 aromatic carbocycles. The van der Waals surface area contributed by atoms with Crippen LogP contribution in [0.15, 0.2) is 53.4 Å². The number of para-hydroxylation sites is 1. The molecule has 1 heterocycles. The van der Waals surface area contributed by atoms with Gasteiger partial charge in [-0.15, -0.1) is 0 Å². The standard InChI is InChI=1S/C17H18N2O4S/c1-12-15-11-14(7-8-16(15)19-17(12)20)24(21,22)18-9-10-23-13-5-3-2-4-6-13/h2-8,11-12,18H,9-10H2,1H3,(H,19,20)/t12-/m1/s1. The van der Waals surface area contributed by atoms with Crippen molar-refractivity contribution < 1.29 is 17.9 Å². The smallest absolute Gasteiger partial charge is 0.240 e. The molecule has 1 aliphatic heterocycles. The minimum absolute atomic E-state index is 0.122. The fourth-order valence-corrected chi connectivity index (χ4v) is 3.56. The number of sulfonamides is 1. The molecule has 2 N–H and O–H groups in total. The number of anilines is 1. The summed E-state index contributed by atoms with van der Waals surface area (Å²) in [7, 11) is -3.65. The Morgan fingerprint density at radius 3 is 2.67 bits per heavy atom. The summed E-state index contributed by atoms with van der Waals surface area (Å²) in [6, 6.07) is 13.8. The molecule has 1 aliphatic rings. The van der Waals surface area contributed by atoms with E-state index in [4.69, 9.17) is 4.74 Å². The van der Waals surface area contributed by atoms with E-state index in [0.717, 1.165) is 0 Å². The van der Waals surface area contributed by atoms with Crippen LogP contribution in [-0.2, 0) is 14.8 Å². The summed E-state index contributed by atoms with van der Waals surface area (Å²) in [4.78, 5) is 11.8. The third-order valence-corrected chi connectivity index (χ3v) is 5.32. The van der Waals surface area contributed by atoms with Gasteiger partial charge in [-0.3, -0.25) is 4.79 Å². The number of benzene rings is 2. The van der Waals surface area contributed by atoms with Crippen LogP contribution >= 0.6 is 0 Å². The van der Waals surface area contributed by atoms with Crippen LogP contribution in [0.1, 0.15) is 18.4 Å². The highest BCUT2D eigenvalue weighted by atomic mass is 32.2. The van der Waals surface area contributed by atoms with Gasteiger partial charge in [-0.1, -0.05) is 18.2 Å². The molecule has 24 heavy (non-hydrogen) atoms. The van der Waals surface area contributed by atoms with Crippen molar-refractivity contribution in [3.8, 4) is 5.75 Å². The van der Waals surface area contributed by atoms with Crippen LogP contribution in [0.3, 0.4) is 0 Å². The summed E-state index contributed by atoms with van der Waals surface area (Å²) in [6.07, 6.45) is 0. The van der Waals surface area contributed by atoms with Gasteiger partial charge < -0.3 is 10.1 Å². The first-order valence-electron chi connectivity index (χ1n) is 7.60. The fourth-order valence-electron chi connectivity index (χ4n) is 2.51. The van der Waals surface area contributed by atoms with Gasteiger partial charge in [0.15, 0.2) is 0 Å². The van der Waals surface area contributed by atoms with Crippen LogP contribution in [0.25, 0.3) is 0 Å². The van der Waals surface area contributed by atoms with E-state index in [9.17, 15) is 13.2 Å². The zero-order valence-electron chi connectivity index (χ0n) is 13.2. The molecule has 3 rings (SSSR count). The van der Waals surface area contributed by atoms with Gasteiger partial charge in [-0.05, 0) is 42.8 Å². The highest BCUT2D eigenvalue weighted by Crippen LogP contribution is 2.33. The monoisotopic (exact) mass is 346 g/mol. The van der Waals surface area contributed by atoms with Gasteiger partial charge in [0, 0.05) is 12.2 Å². The maximum atomic E-state index is 12.4. The zero-order chi connectivity index (χ0) is 17.2. The van der Waals surface area contributed by atoms with Crippen molar-refractivity contribution in [1.29, 1.82) is 0 Å². The number of hydrogen-bond donors (Lipinski definition) is 2. The third-order valence-electron chi connectivity index (χ3n) is 3.86. The lowest BCUT2D eigenvalue weighted by atomic mass is 10.0. The summed E-state index contributed by atoms with van der Waals surface area (Å²) >= 11 is 0. The molecule has 0 aliphatic carbocycles. The van der Waals surface area contributed by atoms with Crippen LogP contribution in [0.4, 0.5) is 5.69 Å². The summed E-state index contributed by atoms with van der Waals surface area (Å²) in [5.41, 5.74) is 1.36. The first-order valence-corrected chi connectivity index (χ1v) is 9.08. The van der Waals surface area contributed by atoms with E-state index < -0.39 is 10.0 Å². The molecule has 0 radical (unpaired) electrons. The number of nitrogens with one attached hydrogen (secondary N) is 2. The van der Waals surface area contributed by atoms with Crippen LogP contribution in [0.2, 0.25) is 0 Å². The number of ether oxygens (including phenoxy) is 1. The number of fused-ring (bicyclic) bond motifs is 1. The molecule has 0 unspecified atom stereocenters. The Balaban J connectivity index is 1.63. The van der Waals surface area contributed by atoms with Gasteiger partial charge in [0.1, 0.15) is 12.4 Å². The normalized spacial score (nSPS) is 16.5. The Hall–Kier alpha value is -2.38. The minimum atomic E-state index is -3.65. The van der Waals surface area contributed by atoms with Crippen molar-refractivity contribution in [3.05, 3.63) is 54.1 Å². The predicted molar refractivity (Wildman–Crippen MR) is 90.6 cm³/mol. The Kier molecular flexibility index (Phi) is 4.55. The fraction of sp³-hybridized carbons (Fsp3) is 0.235. The van der Waals surface area contributed by atoms with Gasteiger partial charge in [-0.2, -0.15) is 0 Å². The summed E-state index contributed by atoms with van der Waals surface area (Å²) in [5, 5.41) is 2.72. The number of hydrogen-bond acceptors (Lipinski definition) is 4. The molecule has 6 nitrogen and oxygen atoms in total. The molecule has 1 atom stereocenters. The van der Waals surface area contributed by atoms with Gasteiger partial charge in [0.2, 0.25) is 15.9 Å². The molecular weight excluding hydrogens is 328 g/mol. The SMILES string of the molecule is C[C@H]1C(=O)Nc2ccc(S(=O)(=O)NCCOc3ccccc3)cc21. The zero-order valence-corrected chi connectivity index (χ0v) is 14.0. The van der Waals surface area contributed by atoms with Crippen molar-refractivity contribution in [3.63, 3.8) is 0 Å². The molecule has 0 fully saturated rings. The maximum absolute atomic E-state index is 12.4. The number of rotatable bonds is 6. The molecule has 1 amide bonds. The topological polar surface area (TPSA) is 84.5 Å². The van der Waals surface area contributed by atoms with Crippen molar-refractivity contribution in [2.45, 2.75) is 17.7 Å². The van der Waals surface area contributed by atoms with Gasteiger partial charge in [0.05, 0.1) is 10.8 Å².